The monoisotopic (exact) mass is 188 g/mol. The van der Waals surface area contributed by atoms with Crippen molar-refractivity contribution in [2.24, 2.45) is 11.5 Å². The molecule has 0 aromatic heterocycles. The summed E-state index contributed by atoms with van der Waals surface area (Å²) in [5, 5.41) is 0. The van der Waals surface area contributed by atoms with Crippen LogP contribution in [0.5, 0.6) is 0 Å². The minimum absolute atomic E-state index is 0.306. The molecule has 1 aromatic rings. The predicted octanol–water partition coefficient (Wildman–Crippen LogP) is 0.404. The molecule has 4 N–H and O–H groups in total. The van der Waals surface area contributed by atoms with Crippen molar-refractivity contribution in [2.45, 2.75) is 6.92 Å². The molecule has 0 aliphatic heterocycles. The molecule has 0 atom stereocenters. The lowest BCUT2D eigenvalue weighted by Gasteiger charge is -2.02. The van der Waals surface area contributed by atoms with Gasteiger partial charge in [0.1, 0.15) is 0 Å². The number of hydrogen-bond acceptors (Lipinski definition) is 2. The quantitative estimate of drug-likeness (QED) is 0.626. The zero-order valence-electron chi connectivity index (χ0n) is 8.00. The van der Waals surface area contributed by atoms with E-state index in [2.05, 4.69) is 11.8 Å². The lowest BCUT2D eigenvalue weighted by atomic mass is 10.0. The van der Waals surface area contributed by atoms with Crippen molar-refractivity contribution in [2.75, 3.05) is 6.54 Å². The number of primary amides is 1. The highest BCUT2D eigenvalue weighted by Gasteiger charge is 2.06. The van der Waals surface area contributed by atoms with E-state index in [9.17, 15) is 4.79 Å². The summed E-state index contributed by atoms with van der Waals surface area (Å²) in [6.07, 6.45) is 0. The van der Waals surface area contributed by atoms with E-state index in [1.54, 1.807) is 12.1 Å². The van der Waals surface area contributed by atoms with Gasteiger partial charge < -0.3 is 11.5 Å². The average molecular weight is 188 g/mol. The summed E-state index contributed by atoms with van der Waals surface area (Å²) >= 11 is 0. The van der Waals surface area contributed by atoms with Gasteiger partial charge in [-0.15, -0.1) is 0 Å². The van der Waals surface area contributed by atoms with Crippen molar-refractivity contribution < 1.29 is 4.79 Å². The molecule has 0 spiro atoms. The highest BCUT2D eigenvalue weighted by atomic mass is 16.1. The molecule has 1 amide bonds. The number of carbonyl (C=O) groups excluding carboxylic acids is 1. The summed E-state index contributed by atoms with van der Waals surface area (Å²) in [5.41, 5.74) is 12.6. The summed E-state index contributed by atoms with van der Waals surface area (Å²) in [7, 11) is 0. The number of carbonyl (C=O) groups is 1. The van der Waals surface area contributed by atoms with E-state index < -0.39 is 5.91 Å². The second-order valence-corrected chi connectivity index (χ2v) is 2.85. The van der Waals surface area contributed by atoms with Crippen LogP contribution in [-0.4, -0.2) is 12.5 Å². The fourth-order valence-corrected chi connectivity index (χ4v) is 1.18. The first kappa shape index (κ1) is 10.3. The molecule has 3 heteroatoms. The topological polar surface area (TPSA) is 69.1 Å². The second-order valence-electron chi connectivity index (χ2n) is 2.85. The van der Waals surface area contributed by atoms with E-state index in [1.165, 1.54) is 0 Å². The van der Waals surface area contributed by atoms with E-state index in [1.807, 2.05) is 13.0 Å². The van der Waals surface area contributed by atoms with E-state index in [-0.39, 0.29) is 0 Å². The zero-order valence-corrected chi connectivity index (χ0v) is 8.00. The van der Waals surface area contributed by atoms with Crippen LogP contribution in [0.1, 0.15) is 21.5 Å². The first-order valence-corrected chi connectivity index (χ1v) is 4.25. The number of rotatable bonds is 1. The Balaban J connectivity index is 3.20. The van der Waals surface area contributed by atoms with E-state index in [0.29, 0.717) is 12.1 Å². The maximum atomic E-state index is 11.0. The Morgan fingerprint density at radius 2 is 2.21 bits per heavy atom. The number of amides is 1. The molecule has 0 unspecified atom stereocenters. The Morgan fingerprint density at radius 3 is 2.79 bits per heavy atom. The SMILES string of the molecule is Cc1c(C#CCN)cccc1C(N)=O. The molecule has 0 fully saturated rings. The van der Waals surface area contributed by atoms with E-state index >= 15 is 0 Å². The standard InChI is InChI=1S/C11H12N2O/c1-8-9(5-3-7-12)4-2-6-10(8)11(13)14/h2,4,6H,7,12H2,1H3,(H2,13,14). The summed E-state index contributed by atoms with van der Waals surface area (Å²) in [6, 6.07) is 5.28. The van der Waals surface area contributed by atoms with Gasteiger partial charge in [0.25, 0.3) is 0 Å². The van der Waals surface area contributed by atoms with Crippen molar-refractivity contribution in [1.82, 2.24) is 0 Å². The molecule has 0 saturated carbocycles. The van der Waals surface area contributed by atoms with E-state index in [4.69, 9.17) is 11.5 Å². The fourth-order valence-electron chi connectivity index (χ4n) is 1.18. The van der Waals surface area contributed by atoms with Gasteiger partial charge in [-0.3, -0.25) is 4.79 Å². The molecule has 0 bridgehead atoms. The third-order valence-electron chi connectivity index (χ3n) is 1.92. The Hall–Kier alpha value is -1.79. The van der Waals surface area contributed by atoms with Gasteiger partial charge in [0.2, 0.25) is 5.91 Å². The van der Waals surface area contributed by atoms with Gasteiger partial charge in [0.15, 0.2) is 0 Å². The van der Waals surface area contributed by atoms with Crippen LogP contribution in [0.2, 0.25) is 0 Å². The molecule has 3 nitrogen and oxygen atoms in total. The minimum atomic E-state index is -0.432. The molecular weight excluding hydrogens is 176 g/mol. The molecule has 72 valence electrons. The number of benzene rings is 1. The second kappa shape index (κ2) is 4.45. The summed E-state index contributed by atoms with van der Waals surface area (Å²) in [4.78, 5) is 11.0. The Kier molecular flexibility index (Phi) is 3.27. The molecule has 0 aliphatic rings. The minimum Gasteiger partial charge on any atom is -0.366 e. The molecule has 14 heavy (non-hydrogen) atoms. The van der Waals surface area contributed by atoms with Crippen molar-refractivity contribution in [3.8, 4) is 11.8 Å². The molecule has 0 aliphatic carbocycles. The maximum absolute atomic E-state index is 11.0. The predicted molar refractivity (Wildman–Crippen MR) is 55.6 cm³/mol. The van der Waals surface area contributed by atoms with E-state index in [0.717, 1.165) is 11.1 Å². The van der Waals surface area contributed by atoms with Crippen molar-refractivity contribution in [3.05, 3.63) is 34.9 Å². The fraction of sp³-hybridized carbons (Fsp3) is 0.182. The smallest absolute Gasteiger partial charge is 0.249 e. The van der Waals surface area contributed by atoms with Crippen LogP contribution in [0.25, 0.3) is 0 Å². The largest absolute Gasteiger partial charge is 0.366 e. The average Bonchev–Trinajstić information content (AvgIpc) is 2.16. The lowest BCUT2D eigenvalue weighted by Crippen LogP contribution is -2.13. The van der Waals surface area contributed by atoms with Gasteiger partial charge in [-0.1, -0.05) is 17.9 Å². The molecule has 0 heterocycles. The Morgan fingerprint density at radius 1 is 1.50 bits per heavy atom. The van der Waals surface area contributed by atoms with Crippen LogP contribution in [0.15, 0.2) is 18.2 Å². The third kappa shape index (κ3) is 2.12. The maximum Gasteiger partial charge on any atom is 0.249 e. The molecular formula is C11H12N2O. The third-order valence-corrected chi connectivity index (χ3v) is 1.92. The van der Waals surface area contributed by atoms with Crippen LogP contribution in [-0.2, 0) is 0 Å². The molecule has 1 rings (SSSR count). The molecule has 0 radical (unpaired) electrons. The Bertz CT molecular complexity index is 413. The van der Waals surface area contributed by atoms with Crippen molar-refractivity contribution in [1.29, 1.82) is 0 Å². The highest BCUT2D eigenvalue weighted by molar-refractivity contribution is 5.94. The van der Waals surface area contributed by atoms with Crippen LogP contribution < -0.4 is 11.5 Å². The first-order chi connectivity index (χ1) is 6.66. The summed E-state index contributed by atoms with van der Waals surface area (Å²) < 4.78 is 0. The first-order valence-electron chi connectivity index (χ1n) is 4.25. The van der Waals surface area contributed by atoms with Crippen LogP contribution in [0, 0.1) is 18.8 Å². The van der Waals surface area contributed by atoms with Crippen LogP contribution in [0.3, 0.4) is 0 Å². The van der Waals surface area contributed by atoms with Gasteiger partial charge >= 0.3 is 0 Å². The normalized spacial score (nSPS) is 9.00. The zero-order chi connectivity index (χ0) is 10.6. The van der Waals surface area contributed by atoms with Gasteiger partial charge in [0.05, 0.1) is 6.54 Å². The van der Waals surface area contributed by atoms with Gasteiger partial charge in [0, 0.05) is 11.1 Å². The lowest BCUT2D eigenvalue weighted by molar-refractivity contribution is 0.0999. The van der Waals surface area contributed by atoms with Gasteiger partial charge in [-0.05, 0) is 24.6 Å². The summed E-state index contributed by atoms with van der Waals surface area (Å²) in [6.45, 7) is 2.13. The molecule has 1 aromatic carbocycles. The van der Waals surface area contributed by atoms with Crippen molar-refractivity contribution in [3.63, 3.8) is 0 Å². The highest BCUT2D eigenvalue weighted by Crippen LogP contribution is 2.11. The van der Waals surface area contributed by atoms with Gasteiger partial charge in [-0.25, -0.2) is 0 Å². The van der Waals surface area contributed by atoms with Crippen LogP contribution >= 0.6 is 0 Å². The summed E-state index contributed by atoms with van der Waals surface area (Å²) in [5.74, 6) is 5.19. The van der Waals surface area contributed by atoms with Crippen LogP contribution in [0.4, 0.5) is 0 Å². The number of nitrogens with two attached hydrogens (primary N) is 2. The van der Waals surface area contributed by atoms with Crippen molar-refractivity contribution >= 4 is 5.91 Å². The molecule has 0 saturated heterocycles. The van der Waals surface area contributed by atoms with Gasteiger partial charge in [-0.2, -0.15) is 0 Å². The number of hydrogen-bond donors (Lipinski definition) is 2. The Labute approximate surface area is 83.1 Å².